The first kappa shape index (κ1) is 13.6. The molecule has 0 spiro atoms. The third-order valence-corrected chi connectivity index (χ3v) is 3.71. The highest BCUT2D eigenvalue weighted by Crippen LogP contribution is 2.29. The normalized spacial score (nSPS) is 10.6. The van der Waals surface area contributed by atoms with Crippen molar-refractivity contribution >= 4 is 21.6 Å². The highest BCUT2D eigenvalue weighted by atomic mass is 79.9. The zero-order valence-corrected chi connectivity index (χ0v) is 12.8. The molecule has 6 nitrogen and oxygen atoms in total. The summed E-state index contributed by atoms with van der Waals surface area (Å²) in [5.74, 6) is 1.28. The predicted octanol–water partition coefficient (Wildman–Crippen LogP) is 2.68. The molecule has 0 saturated heterocycles. The molecule has 7 heteroatoms. The standard InChI is InChI=1S/C14H12BrN5O/c1-21-13-8-9(6-7-11(13)15)20-14(17-18-19-20)10-4-2-3-5-12(10)16/h2-8H,16H2,1H3. The average Bonchev–Trinajstić information content (AvgIpc) is 2.97. The van der Waals surface area contributed by atoms with Gasteiger partial charge in [0.2, 0.25) is 0 Å². The molecule has 0 radical (unpaired) electrons. The molecular weight excluding hydrogens is 334 g/mol. The van der Waals surface area contributed by atoms with Crippen LogP contribution >= 0.6 is 15.9 Å². The molecule has 0 amide bonds. The van der Waals surface area contributed by atoms with Gasteiger partial charge in [0.15, 0.2) is 5.82 Å². The van der Waals surface area contributed by atoms with Gasteiger partial charge in [0, 0.05) is 17.3 Å². The fourth-order valence-corrected chi connectivity index (χ4v) is 2.42. The topological polar surface area (TPSA) is 78.8 Å². The minimum atomic E-state index is 0.581. The fourth-order valence-electron chi connectivity index (χ4n) is 2.01. The second kappa shape index (κ2) is 5.53. The van der Waals surface area contributed by atoms with Crippen LogP contribution in [0.3, 0.4) is 0 Å². The molecule has 0 saturated carbocycles. The van der Waals surface area contributed by atoms with Crippen molar-refractivity contribution in [2.45, 2.75) is 0 Å². The Bertz CT molecular complexity index is 787. The molecule has 21 heavy (non-hydrogen) atoms. The number of rotatable bonds is 3. The molecule has 3 aromatic rings. The lowest BCUT2D eigenvalue weighted by atomic mass is 10.1. The van der Waals surface area contributed by atoms with Crippen molar-refractivity contribution in [1.29, 1.82) is 0 Å². The number of nitrogen functional groups attached to an aromatic ring is 1. The number of ether oxygens (including phenoxy) is 1. The minimum Gasteiger partial charge on any atom is -0.495 e. The second-order valence-electron chi connectivity index (χ2n) is 4.32. The lowest BCUT2D eigenvalue weighted by Crippen LogP contribution is -2.02. The van der Waals surface area contributed by atoms with E-state index in [9.17, 15) is 0 Å². The van der Waals surface area contributed by atoms with Crippen LogP contribution in [0.1, 0.15) is 0 Å². The lowest BCUT2D eigenvalue weighted by molar-refractivity contribution is 0.412. The van der Waals surface area contributed by atoms with Crippen molar-refractivity contribution in [1.82, 2.24) is 20.2 Å². The minimum absolute atomic E-state index is 0.581. The van der Waals surface area contributed by atoms with E-state index in [-0.39, 0.29) is 0 Å². The molecule has 1 aromatic heterocycles. The maximum atomic E-state index is 6.00. The predicted molar refractivity (Wildman–Crippen MR) is 83.3 cm³/mol. The van der Waals surface area contributed by atoms with Gasteiger partial charge in [-0.2, -0.15) is 4.68 Å². The SMILES string of the molecule is COc1cc(-n2nnnc2-c2ccccc2N)ccc1Br. The van der Waals surface area contributed by atoms with Gasteiger partial charge in [-0.1, -0.05) is 12.1 Å². The van der Waals surface area contributed by atoms with Crippen LogP contribution < -0.4 is 10.5 Å². The molecule has 0 bridgehead atoms. The number of hydrogen-bond acceptors (Lipinski definition) is 5. The fraction of sp³-hybridized carbons (Fsp3) is 0.0714. The molecule has 0 atom stereocenters. The van der Waals surface area contributed by atoms with Crippen LogP contribution in [0.25, 0.3) is 17.1 Å². The van der Waals surface area contributed by atoms with Gasteiger partial charge in [-0.3, -0.25) is 0 Å². The van der Waals surface area contributed by atoms with Gasteiger partial charge >= 0.3 is 0 Å². The summed E-state index contributed by atoms with van der Waals surface area (Å²) in [4.78, 5) is 0. The van der Waals surface area contributed by atoms with Crippen LogP contribution in [0.15, 0.2) is 46.9 Å². The number of benzene rings is 2. The zero-order valence-electron chi connectivity index (χ0n) is 11.2. The van der Waals surface area contributed by atoms with E-state index in [1.165, 1.54) is 0 Å². The van der Waals surface area contributed by atoms with Crippen LogP contribution in [-0.4, -0.2) is 27.3 Å². The van der Waals surface area contributed by atoms with Crippen LogP contribution in [0, 0.1) is 0 Å². The number of nitrogens with zero attached hydrogens (tertiary/aromatic N) is 4. The molecule has 1 heterocycles. The lowest BCUT2D eigenvalue weighted by Gasteiger charge is -2.09. The van der Waals surface area contributed by atoms with Gasteiger partial charge in [0.25, 0.3) is 0 Å². The summed E-state index contributed by atoms with van der Waals surface area (Å²) in [6, 6.07) is 13.1. The van der Waals surface area contributed by atoms with E-state index >= 15 is 0 Å². The van der Waals surface area contributed by atoms with E-state index in [4.69, 9.17) is 10.5 Å². The van der Waals surface area contributed by atoms with Crippen molar-refractivity contribution in [2.75, 3.05) is 12.8 Å². The summed E-state index contributed by atoms with van der Waals surface area (Å²) in [6.07, 6.45) is 0. The van der Waals surface area contributed by atoms with Crippen molar-refractivity contribution in [2.24, 2.45) is 0 Å². The summed E-state index contributed by atoms with van der Waals surface area (Å²) in [5, 5.41) is 11.9. The number of methoxy groups -OCH3 is 1. The van der Waals surface area contributed by atoms with E-state index in [1.54, 1.807) is 11.8 Å². The number of anilines is 1. The molecule has 0 aliphatic heterocycles. The first-order chi connectivity index (χ1) is 10.2. The molecule has 0 unspecified atom stereocenters. The quantitative estimate of drug-likeness (QED) is 0.738. The van der Waals surface area contributed by atoms with E-state index in [0.717, 1.165) is 15.7 Å². The van der Waals surface area contributed by atoms with Crippen molar-refractivity contribution in [3.05, 3.63) is 46.9 Å². The Morgan fingerprint density at radius 1 is 1.19 bits per heavy atom. The third-order valence-electron chi connectivity index (χ3n) is 3.05. The average molecular weight is 346 g/mol. The summed E-state index contributed by atoms with van der Waals surface area (Å²) >= 11 is 3.42. The molecule has 106 valence electrons. The maximum Gasteiger partial charge on any atom is 0.189 e. The number of para-hydroxylation sites is 1. The molecule has 0 aliphatic rings. The van der Waals surface area contributed by atoms with Crippen LogP contribution in [0.2, 0.25) is 0 Å². The van der Waals surface area contributed by atoms with E-state index in [2.05, 4.69) is 31.5 Å². The second-order valence-corrected chi connectivity index (χ2v) is 5.17. The highest BCUT2D eigenvalue weighted by molar-refractivity contribution is 9.10. The number of hydrogen-bond donors (Lipinski definition) is 1. The summed E-state index contributed by atoms with van der Waals surface area (Å²) in [7, 11) is 1.61. The summed E-state index contributed by atoms with van der Waals surface area (Å²) in [6.45, 7) is 0. The van der Waals surface area contributed by atoms with Gasteiger partial charge in [-0.15, -0.1) is 5.10 Å². The van der Waals surface area contributed by atoms with E-state index in [1.807, 2.05) is 42.5 Å². The first-order valence-corrected chi connectivity index (χ1v) is 6.97. The first-order valence-electron chi connectivity index (χ1n) is 6.18. The Balaban J connectivity index is 2.14. The molecular formula is C14H12BrN5O. The van der Waals surface area contributed by atoms with Crippen molar-refractivity contribution in [3.63, 3.8) is 0 Å². The molecule has 0 fully saturated rings. The largest absolute Gasteiger partial charge is 0.495 e. The summed E-state index contributed by atoms with van der Waals surface area (Å²) < 4.78 is 7.79. The Morgan fingerprint density at radius 2 is 2.00 bits per heavy atom. The number of nitrogens with two attached hydrogens (primary N) is 1. The Hall–Kier alpha value is -2.41. The van der Waals surface area contributed by atoms with Crippen LogP contribution in [0.4, 0.5) is 5.69 Å². The number of tetrazole rings is 1. The van der Waals surface area contributed by atoms with Crippen molar-refractivity contribution in [3.8, 4) is 22.8 Å². The Morgan fingerprint density at radius 3 is 2.76 bits per heavy atom. The van der Waals surface area contributed by atoms with Gasteiger partial charge in [-0.05, 0) is 50.6 Å². The Kier molecular flexibility index (Phi) is 3.57. The number of aromatic nitrogens is 4. The molecule has 2 N–H and O–H groups in total. The van der Waals surface area contributed by atoms with E-state index < -0.39 is 0 Å². The van der Waals surface area contributed by atoms with Gasteiger partial charge in [-0.25, -0.2) is 0 Å². The van der Waals surface area contributed by atoms with Crippen LogP contribution in [-0.2, 0) is 0 Å². The van der Waals surface area contributed by atoms with Gasteiger partial charge < -0.3 is 10.5 Å². The zero-order chi connectivity index (χ0) is 14.8. The molecule has 2 aromatic carbocycles. The van der Waals surface area contributed by atoms with Crippen molar-refractivity contribution < 1.29 is 4.74 Å². The third kappa shape index (κ3) is 2.47. The summed E-state index contributed by atoms with van der Waals surface area (Å²) in [5.41, 5.74) is 8.19. The maximum absolute atomic E-state index is 6.00. The Labute approximate surface area is 129 Å². The molecule has 0 aliphatic carbocycles. The van der Waals surface area contributed by atoms with E-state index in [0.29, 0.717) is 17.3 Å². The van der Waals surface area contributed by atoms with Crippen LogP contribution in [0.5, 0.6) is 5.75 Å². The monoisotopic (exact) mass is 345 g/mol. The van der Waals surface area contributed by atoms with Gasteiger partial charge in [0.1, 0.15) is 5.75 Å². The molecule has 3 rings (SSSR count). The van der Waals surface area contributed by atoms with Gasteiger partial charge in [0.05, 0.1) is 17.3 Å². The number of halogens is 1. The smallest absolute Gasteiger partial charge is 0.189 e. The highest BCUT2D eigenvalue weighted by Gasteiger charge is 2.14.